The molecule has 1 heterocycles. The van der Waals surface area contributed by atoms with Crippen molar-refractivity contribution in [2.45, 2.75) is 0 Å². The highest BCUT2D eigenvalue weighted by molar-refractivity contribution is 6.58. The predicted molar refractivity (Wildman–Crippen MR) is 51.3 cm³/mol. The maximum Gasteiger partial charge on any atom is 0.371 e. The molecule has 1 aromatic heterocycles. The third kappa shape index (κ3) is 2.21. The summed E-state index contributed by atoms with van der Waals surface area (Å²) in [6.07, 6.45) is 0. The topological polar surface area (TPSA) is 59.7 Å². The number of carboxylic acids is 1. The molecule has 14 heavy (non-hydrogen) atoms. The molecule has 6 heteroatoms. The molecular weight excluding hydrogens is 231 g/mol. The molecular formula is C8H6Cl2O4. The maximum absolute atomic E-state index is 10.5. The van der Waals surface area contributed by atoms with Gasteiger partial charge in [0.25, 0.3) is 0 Å². The van der Waals surface area contributed by atoms with E-state index in [0.29, 0.717) is 0 Å². The van der Waals surface area contributed by atoms with Crippen LogP contribution in [0.4, 0.5) is 0 Å². The number of halogens is 2. The van der Waals surface area contributed by atoms with Gasteiger partial charge in [-0.2, -0.15) is 0 Å². The van der Waals surface area contributed by atoms with Crippen molar-refractivity contribution in [3.05, 3.63) is 28.1 Å². The van der Waals surface area contributed by atoms with Crippen molar-refractivity contribution in [2.75, 3.05) is 7.11 Å². The molecule has 0 bridgehead atoms. The van der Waals surface area contributed by atoms with E-state index >= 15 is 0 Å². The van der Waals surface area contributed by atoms with Gasteiger partial charge in [-0.05, 0) is 12.1 Å². The number of furan rings is 1. The summed E-state index contributed by atoms with van der Waals surface area (Å²) in [5, 5.41) is 8.57. The van der Waals surface area contributed by atoms with Crippen LogP contribution in [0.5, 0.6) is 0 Å². The SMILES string of the molecule is COC(=C(Cl)Cl)c1ccc(C(=O)O)o1. The first-order valence-corrected chi connectivity index (χ1v) is 4.24. The van der Waals surface area contributed by atoms with E-state index in [1.807, 2.05) is 0 Å². The normalized spacial score (nSPS) is 9.64. The highest BCUT2D eigenvalue weighted by atomic mass is 35.5. The Kier molecular flexibility index (Phi) is 3.43. The lowest BCUT2D eigenvalue weighted by atomic mass is 10.4. The van der Waals surface area contributed by atoms with Crippen molar-refractivity contribution in [2.24, 2.45) is 0 Å². The van der Waals surface area contributed by atoms with E-state index in [9.17, 15) is 4.79 Å². The summed E-state index contributed by atoms with van der Waals surface area (Å²) >= 11 is 11.0. The first-order chi connectivity index (χ1) is 6.56. The van der Waals surface area contributed by atoms with Gasteiger partial charge in [0.15, 0.2) is 16.0 Å². The van der Waals surface area contributed by atoms with Gasteiger partial charge in [0.1, 0.15) is 0 Å². The molecule has 0 saturated heterocycles. The highest BCUT2D eigenvalue weighted by Crippen LogP contribution is 2.26. The maximum atomic E-state index is 10.5. The van der Waals surface area contributed by atoms with Crippen LogP contribution in [0.25, 0.3) is 5.76 Å². The van der Waals surface area contributed by atoms with Gasteiger partial charge in [-0.1, -0.05) is 23.2 Å². The minimum atomic E-state index is -1.17. The molecule has 0 saturated carbocycles. The molecule has 76 valence electrons. The van der Waals surface area contributed by atoms with E-state index in [0.717, 1.165) is 0 Å². The number of carboxylic acid groups (broad SMARTS) is 1. The molecule has 0 aliphatic rings. The Balaban J connectivity index is 3.08. The zero-order valence-corrected chi connectivity index (χ0v) is 8.59. The van der Waals surface area contributed by atoms with Crippen LogP contribution in [0.2, 0.25) is 0 Å². The molecule has 0 amide bonds. The van der Waals surface area contributed by atoms with Crippen LogP contribution in [0.1, 0.15) is 16.3 Å². The van der Waals surface area contributed by atoms with Crippen LogP contribution in [0, 0.1) is 0 Å². The second-order valence-corrected chi connectivity index (χ2v) is 3.21. The summed E-state index contributed by atoms with van der Waals surface area (Å²) < 4.78 is 9.60. The van der Waals surface area contributed by atoms with E-state index in [4.69, 9.17) is 37.5 Å². The number of hydrogen-bond acceptors (Lipinski definition) is 3. The Morgan fingerprint density at radius 2 is 2.00 bits per heavy atom. The largest absolute Gasteiger partial charge is 0.491 e. The molecule has 0 fully saturated rings. The number of aromatic carboxylic acids is 1. The minimum Gasteiger partial charge on any atom is -0.491 e. The fourth-order valence-electron chi connectivity index (χ4n) is 0.846. The molecule has 0 aromatic carbocycles. The van der Waals surface area contributed by atoms with Crippen LogP contribution in [0.15, 0.2) is 21.0 Å². The molecule has 0 aliphatic carbocycles. The first kappa shape index (κ1) is 10.9. The van der Waals surface area contributed by atoms with Crippen molar-refractivity contribution in [3.8, 4) is 0 Å². The summed E-state index contributed by atoms with van der Waals surface area (Å²) in [6, 6.07) is 2.69. The molecule has 0 radical (unpaired) electrons. The van der Waals surface area contributed by atoms with Gasteiger partial charge in [-0.25, -0.2) is 4.79 Å². The lowest BCUT2D eigenvalue weighted by Gasteiger charge is -2.01. The monoisotopic (exact) mass is 236 g/mol. The lowest BCUT2D eigenvalue weighted by molar-refractivity contribution is 0.0661. The second kappa shape index (κ2) is 4.39. The molecule has 4 nitrogen and oxygen atoms in total. The lowest BCUT2D eigenvalue weighted by Crippen LogP contribution is -1.92. The van der Waals surface area contributed by atoms with Crippen LogP contribution in [-0.4, -0.2) is 18.2 Å². The van der Waals surface area contributed by atoms with E-state index < -0.39 is 5.97 Å². The Morgan fingerprint density at radius 1 is 1.43 bits per heavy atom. The average Bonchev–Trinajstić information content (AvgIpc) is 2.53. The summed E-state index contributed by atoms with van der Waals surface area (Å²) in [6.45, 7) is 0. The Morgan fingerprint density at radius 3 is 2.36 bits per heavy atom. The van der Waals surface area contributed by atoms with Crippen LogP contribution in [0.3, 0.4) is 0 Å². The number of carbonyl (C=O) groups is 1. The van der Waals surface area contributed by atoms with Gasteiger partial charge in [0.2, 0.25) is 5.76 Å². The van der Waals surface area contributed by atoms with Crippen molar-refractivity contribution in [1.29, 1.82) is 0 Å². The Bertz CT molecular complexity index is 376. The van der Waals surface area contributed by atoms with Gasteiger partial charge >= 0.3 is 5.97 Å². The van der Waals surface area contributed by atoms with Gasteiger partial charge in [-0.15, -0.1) is 0 Å². The van der Waals surface area contributed by atoms with Crippen LogP contribution in [-0.2, 0) is 4.74 Å². The van der Waals surface area contributed by atoms with E-state index in [-0.39, 0.29) is 21.8 Å². The van der Waals surface area contributed by atoms with Gasteiger partial charge in [-0.3, -0.25) is 0 Å². The fourth-order valence-corrected chi connectivity index (χ4v) is 1.19. The minimum absolute atomic E-state index is 0.0980. The highest BCUT2D eigenvalue weighted by Gasteiger charge is 2.14. The number of hydrogen-bond donors (Lipinski definition) is 1. The van der Waals surface area contributed by atoms with E-state index in [1.165, 1.54) is 19.2 Å². The van der Waals surface area contributed by atoms with Crippen molar-refractivity contribution in [3.63, 3.8) is 0 Å². The molecule has 0 aliphatic heterocycles. The summed E-state index contributed by atoms with van der Waals surface area (Å²) in [5.41, 5.74) is 0. The quantitative estimate of drug-likeness (QED) is 0.821. The molecule has 1 N–H and O–H groups in total. The van der Waals surface area contributed by atoms with Crippen molar-refractivity contribution >= 4 is 34.9 Å². The third-order valence-corrected chi connectivity index (χ3v) is 1.76. The fraction of sp³-hybridized carbons (Fsp3) is 0.125. The summed E-state index contributed by atoms with van der Waals surface area (Å²) in [7, 11) is 1.35. The average molecular weight is 237 g/mol. The molecule has 1 rings (SSSR count). The van der Waals surface area contributed by atoms with E-state index in [1.54, 1.807) is 0 Å². The Hall–Kier alpha value is -1.13. The van der Waals surface area contributed by atoms with Crippen LogP contribution >= 0.6 is 23.2 Å². The first-order valence-electron chi connectivity index (χ1n) is 3.49. The Labute approximate surface area is 89.7 Å². The standard InChI is InChI=1S/C8H6Cl2O4/c1-13-6(7(9)10)4-2-3-5(14-4)8(11)12/h2-3H,1H3,(H,11,12). The van der Waals surface area contributed by atoms with Gasteiger partial charge in [0, 0.05) is 0 Å². The van der Waals surface area contributed by atoms with Crippen molar-refractivity contribution < 1.29 is 19.1 Å². The third-order valence-electron chi connectivity index (χ3n) is 1.42. The molecule has 0 spiro atoms. The summed E-state index contributed by atoms with van der Waals surface area (Å²) in [4.78, 5) is 10.5. The van der Waals surface area contributed by atoms with Gasteiger partial charge in [0.05, 0.1) is 7.11 Å². The smallest absolute Gasteiger partial charge is 0.371 e. The summed E-state index contributed by atoms with van der Waals surface area (Å²) in [5.74, 6) is -1.10. The zero-order valence-electron chi connectivity index (χ0n) is 7.08. The van der Waals surface area contributed by atoms with Crippen LogP contribution < -0.4 is 0 Å². The van der Waals surface area contributed by atoms with E-state index in [2.05, 4.69) is 0 Å². The molecule has 0 atom stereocenters. The second-order valence-electron chi connectivity index (χ2n) is 2.26. The molecule has 0 unspecified atom stereocenters. The van der Waals surface area contributed by atoms with Crippen molar-refractivity contribution in [1.82, 2.24) is 0 Å². The predicted octanol–water partition coefficient (Wildman–Crippen LogP) is 2.73. The number of rotatable bonds is 3. The molecule has 1 aromatic rings. The zero-order chi connectivity index (χ0) is 10.7. The van der Waals surface area contributed by atoms with Gasteiger partial charge < -0.3 is 14.3 Å². The number of methoxy groups -OCH3 is 1. The number of ether oxygens (including phenoxy) is 1.